The van der Waals surface area contributed by atoms with Crippen LogP contribution >= 0.6 is 0 Å². The fourth-order valence-corrected chi connectivity index (χ4v) is 1.97. The van der Waals surface area contributed by atoms with Crippen molar-refractivity contribution >= 4 is 11.0 Å². The first-order valence-electron chi connectivity index (χ1n) is 5.67. The van der Waals surface area contributed by atoms with Crippen molar-refractivity contribution in [1.82, 2.24) is 0 Å². The van der Waals surface area contributed by atoms with Crippen molar-refractivity contribution in [2.45, 2.75) is 0 Å². The van der Waals surface area contributed by atoms with E-state index in [0.717, 1.165) is 0 Å². The monoisotopic (exact) mass is 256 g/mol. The maximum Gasteiger partial charge on any atom is 0.344 e. The topological polar surface area (TPSA) is 50.4 Å². The second-order valence-corrected chi connectivity index (χ2v) is 4.15. The molecular formula is C15H9FO3. The lowest BCUT2D eigenvalue weighted by atomic mass is 10.1. The average molecular weight is 256 g/mol. The van der Waals surface area contributed by atoms with Gasteiger partial charge in [-0.05, 0) is 24.3 Å². The van der Waals surface area contributed by atoms with Crippen LogP contribution in [0.25, 0.3) is 22.1 Å². The van der Waals surface area contributed by atoms with Crippen molar-refractivity contribution in [1.29, 1.82) is 0 Å². The van der Waals surface area contributed by atoms with E-state index in [1.807, 2.05) is 0 Å². The molecular weight excluding hydrogens is 247 g/mol. The Balaban J connectivity index is 2.31. The average Bonchev–Trinajstić information content (AvgIpc) is 2.39. The van der Waals surface area contributed by atoms with Crippen LogP contribution in [0.3, 0.4) is 0 Å². The number of fused-ring (bicyclic) bond motifs is 1. The van der Waals surface area contributed by atoms with Crippen LogP contribution in [0.15, 0.2) is 57.7 Å². The second kappa shape index (κ2) is 4.24. The molecule has 0 aliphatic heterocycles. The third-order valence-electron chi connectivity index (χ3n) is 2.88. The molecule has 4 heteroatoms. The molecule has 0 aliphatic rings. The van der Waals surface area contributed by atoms with Crippen LogP contribution < -0.4 is 5.63 Å². The molecule has 19 heavy (non-hydrogen) atoms. The van der Waals surface area contributed by atoms with E-state index in [-0.39, 0.29) is 22.5 Å². The number of phenols is 1. The van der Waals surface area contributed by atoms with Crippen LogP contribution in [-0.2, 0) is 0 Å². The molecule has 2 aromatic carbocycles. The van der Waals surface area contributed by atoms with Gasteiger partial charge >= 0.3 is 5.63 Å². The van der Waals surface area contributed by atoms with Crippen molar-refractivity contribution in [2.24, 2.45) is 0 Å². The summed E-state index contributed by atoms with van der Waals surface area (Å²) < 4.78 is 18.8. The minimum absolute atomic E-state index is 0.00860. The van der Waals surface area contributed by atoms with Crippen LogP contribution in [0.5, 0.6) is 5.75 Å². The Morgan fingerprint density at radius 1 is 1.00 bits per heavy atom. The van der Waals surface area contributed by atoms with Gasteiger partial charge in [0.2, 0.25) is 0 Å². The Hall–Kier alpha value is -2.62. The zero-order valence-electron chi connectivity index (χ0n) is 9.76. The van der Waals surface area contributed by atoms with Crippen molar-refractivity contribution in [3.63, 3.8) is 0 Å². The van der Waals surface area contributed by atoms with E-state index >= 15 is 0 Å². The minimum Gasteiger partial charge on any atom is -0.508 e. The van der Waals surface area contributed by atoms with E-state index in [2.05, 4.69) is 0 Å². The quantitative estimate of drug-likeness (QED) is 0.679. The molecule has 3 rings (SSSR count). The zero-order chi connectivity index (χ0) is 13.4. The van der Waals surface area contributed by atoms with Gasteiger partial charge in [0.15, 0.2) is 0 Å². The van der Waals surface area contributed by atoms with E-state index in [4.69, 9.17) is 4.42 Å². The molecule has 1 heterocycles. The molecule has 0 amide bonds. The molecule has 0 fully saturated rings. The summed E-state index contributed by atoms with van der Waals surface area (Å²) in [6.07, 6.45) is 0. The molecule has 0 atom stereocenters. The summed E-state index contributed by atoms with van der Waals surface area (Å²) >= 11 is 0. The fraction of sp³-hybridized carbons (Fsp3) is 0. The Labute approximate surface area is 107 Å². The van der Waals surface area contributed by atoms with Crippen LogP contribution in [0.2, 0.25) is 0 Å². The molecule has 0 saturated carbocycles. The van der Waals surface area contributed by atoms with Gasteiger partial charge in [-0.2, -0.15) is 0 Å². The van der Waals surface area contributed by atoms with E-state index in [9.17, 15) is 14.3 Å². The molecule has 0 bridgehead atoms. The summed E-state index contributed by atoms with van der Waals surface area (Å²) in [5.41, 5.74) is -0.00389. The van der Waals surface area contributed by atoms with Gasteiger partial charge in [-0.1, -0.05) is 18.2 Å². The lowest BCUT2D eigenvalue weighted by Gasteiger charge is -2.03. The Kier molecular flexibility index (Phi) is 2.56. The number of hydrogen-bond acceptors (Lipinski definition) is 3. The van der Waals surface area contributed by atoms with Gasteiger partial charge in [0.05, 0.1) is 5.56 Å². The summed E-state index contributed by atoms with van der Waals surface area (Å²) in [7, 11) is 0. The number of phenolic OH excluding ortho intramolecular Hbond substituents is 1. The van der Waals surface area contributed by atoms with E-state index in [0.29, 0.717) is 5.39 Å². The largest absolute Gasteiger partial charge is 0.508 e. The lowest BCUT2D eigenvalue weighted by molar-refractivity contribution is 0.473. The third kappa shape index (κ3) is 1.97. The zero-order valence-corrected chi connectivity index (χ0v) is 9.76. The van der Waals surface area contributed by atoms with Crippen molar-refractivity contribution in [2.75, 3.05) is 0 Å². The number of rotatable bonds is 1. The summed E-state index contributed by atoms with van der Waals surface area (Å²) in [5, 5.41) is 9.95. The third-order valence-corrected chi connectivity index (χ3v) is 2.88. The van der Waals surface area contributed by atoms with Crippen molar-refractivity contribution < 1.29 is 13.9 Å². The van der Waals surface area contributed by atoms with E-state index in [1.54, 1.807) is 24.3 Å². The minimum atomic E-state index is -0.636. The smallest absolute Gasteiger partial charge is 0.344 e. The van der Waals surface area contributed by atoms with E-state index in [1.165, 1.54) is 24.3 Å². The molecule has 0 unspecified atom stereocenters. The van der Waals surface area contributed by atoms with Gasteiger partial charge in [0.25, 0.3) is 0 Å². The van der Waals surface area contributed by atoms with Gasteiger partial charge in [0.1, 0.15) is 17.1 Å². The summed E-state index contributed by atoms with van der Waals surface area (Å²) in [6.45, 7) is 0. The summed E-state index contributed by atoms with van der Waals surface area (Å²) in [5.74, 6) is -0.470. The summed E-state index contributed by atoms with van der Waals surface area (Å²) in [4.78, 5) is 11.9. The Bertz CT molecular complexity index is 821. The van der Waals surface area contributed by atoms with Crippen LogP contribution in [0.4, 0.5) is 4.39 Å². The van der Waals surface area contributed by atoms with Gasteiger partial charge in [-0.3, -0.25) is 0 Å². The Morgan fingerprint density at radius 3 is 2.58 bits per heavy atom. The highest BCUT2D eigenvalue weighted by atomic mass is 19.1. The number of hydrogen-bond donors (Lipinski definition) is 1. The maximum atomic E-state index is 13.7. The standard InChI is InChI=1S/C15H9FO3/c16-13-4-2-1-3-11(13)12-7-9-5-6-10(17)8-14(9)19-15(12)18/h1-8,17H. The molecule has 0 saturated heterocycles. The summed E-state index contributed by atoms with van der Waals surface area (Å²) in [6, 6.07) is 12.0. The Morgan fingerprint density at radius 2 is 1.79 bits per heavy atom. The van der Waals surface area contributed by atoms with Gasteiger partial charge < -0.3 is 9.52 Å². The lowest BCUT2D eigenvalue weighted by Crippen LogP contribution is -2.03. The normalized spacial score (nSPS) is 10.8. The highest BCUT2D eigenvalue weighted by Crippen LogP contribution is 2.25. The second-order valence-electron chi connectivity index (χ2n) is 4.15. The molecule has 3 nitrogen and oxygen atoms in total. The molecule has 0 radical (unpaired) electrons. The van der Waals surface area contributed by atoms with Gasteiger partial charge in [0, 0.05) is 17.0 Å². The predicted molar refractivity (Wildman–Crippen MR) is 69.5 cm³/mol. The van der Waals surface area contributed by atoms with Crippen LogP contribution in [-0.4, -0.2) is 5.11 Å². The number of aromatic hydroxyl groups is 1. The molecule has 94 valence electrons. The maximum absolute atomic E-state index is 13.7. The number of halogens is 1. The predicted octanol–water partition coefficient (Wildman–Crippen LogP) is 3.30. The molecule has 3 aromatic rings. The SMILES string of the molecule is O=c1oc2cc(O)ccc2cc1-c1ccccc1F. The fourth-order valence-electron chi connectivity index (χ4n) is 1.97. The van der Waals surface area contributed by atoms with E-state index < -0.39 is 11.4 Å². The molecule has 0 aliphatic carbocycles. The first kappa shape index (κ1) is 11.5. The number of benzene rings is 2. The van der Waals surface area contributed by atoms with Crippen molar-refractivity contribution in [3.05, 3.63) is 64.8 Å². The van der Waals surface area contributed by atoms with Crippen molar-refractivity contribution in [3.8, 4) is 16.9 Å². The first-order valence-corrected chi connectivity index (χ1v) is 5.67. The molecule has 1 N–H and O–H groups in total. The van der Waals surface area contributed by atoms with Gasteiger partial charge in [-0.15, -0.1) is 0 Å². The molecule has 0 spiro atoms. The highest BCUT2D eigenvalue weighted by molar-refractivity contribution is 5.82. The van der Waals surface area contributed by atoms with Crippen LogP contribution in [0, 0.1) is 5.82 Å². The van der Waals surface area contributed by atoms with Crippen LogP contribution in [0.1, 0.15) is 0 Å². The first-order chi connectivity index (χ1) is 9.15. The van der Waals surface area contributed by atoms with Gasteiger partial charge in [-0.25, -0.2) is 9.18 Å². The highest BCUT2D eigenvalue weighted by Gasteiger charge is 2.11. The molecule has 1 aromatic heterocycles.